The van der Waals surface area contributed by atoms with Gasteiger partial charge in [-0.3, -0.25) is 0 Å². The molecular formula is C12H26N2O2S. The molecule has 4 nitrogen and oxygen atoms in total. The third-order valence-corrected chi connectivity index (χ3v) is 5.43. The largest absolute Gasteiger partial charge is 0.312 e. The third kappa shape index (κ3) is 4.94. The molecule has 1 atom stereocenters. The number of nitrogens with zero attached hydrogens (tertiary/aromatic N) is 1. The van der Waals surface area contributed by atoms with Crippen molar-refractivity contribution >= 4 is 9.84 Å². The second-order valence-corrected chi connectivity index (χ2v) is 7.23. The van der Waals surface area contributed by atoms with E-state index in [2.05, 4.69) is 31.1 Å². The molecule has 0 aromatic carbocycles. The Balaban J connectivity index is 2.35. The van der Waals surface area contributed by atoms with Gasteiger partial charge in [0.1, 0.15) is 0 Å². The minimum atomic E-state index is -2.79. The third-order valence-electron chi connectivity index (χ3n) is 3.70. The van der Waals surface area contributed by atoms with E-state index in [1.165, 1.54) is 0 Å². The summed E-state index contributed by atoms with van der Waals surface area (Å²) in [7, 11) is -0.658. The van der Waals surface area contributed by atoms with Crippen LogP contribution < -0.4 is 5.32 Å². The van der Waals surface area contributed by atoms with Gasteiger partial charge in [-0.15, -0.1) is 0 Å². The van der Waals surface area contributed by atoms with Gasteiger partial charge in [-0.2, -0.15) is 0 Å². The standard InChI is InChI=1S/C12H26N2O2S/c1-4-12(5-2)14(3)8-6-11-10-17(15,16)9-7-13-11/h11-13H,4-10H2,1-3H3. The first-order valence-electron chi connectivity index (χ1n) is 6.62. The van der Waals surface area contributed by atoms with Gasteiger partial charge >= 0.3 is 0 Å². The van der Waals surface area contributed by atoms with Crippen molar-refractivity contribution in [2.24, 2.45) is 0 Å². The average molecular weight is 262 g/mol. The van der Waals surface area contributed by atoms with E-state index >= 15 is 0 Å². The second-order valence-electron chi connectivity index (χ2n) is 5.01. The monoisotopic (exact) mass is 262 g/mol. The Kier molecular flexibility index (Phi) is 5.89. The highest BCUT2D eigenvalue weighted by atomic mass is 32.2. The zero-order chi connectivity index (χ0) is 12.9. The molecule has 1 saturated heterocycles. The van der Waals surface area contributed by atoms with Gasteiger partial charge in [-0.05, 0) is 32.9 Å². The Labute approximate surface area is 106 Å². The Morgan fingerprint density at radius 1 is 1.35 bits per heavy atom. The zero-order valence-corrected chi connectivity index (χ0v) is 12.1. The lowest BCUT2D eigenvalue weighted by Crippen LogP contribution is -2.46. The first-order chi connectivity index (χ1) is 7.98. The van der Waals surface area contributed by atoms with E-state index in [1.54, 1.807) is 0 Å². The van der Waals surface area contributed by atoms with E-state index in [9.17, 15) is 8.42 Å². The van der Waals surface area contributed by atoms with Crippen LogP contribution in [-0.2, 0) is 9.84 Å². The van der Waals surface area contributed by atoms with Crippen LogP contribution in [0, 0.1) is 0 Å². The summed E-state index contributed by atoms with van der Waals surface area (Å²) in [6.07, 6.45) is 3.24. The van der Waals surface area contributed by atoms with Crippen molar-refractivity contribution in [2.45, 2.75) is 45.2 Å². The summed E-state index contributed by atoms with van der Waals surface area (Å²) in [6, 6.07) is 0.765. The summed E-state index contributed by atoms with van der Waals surface area (Å²) in [5.74, 6) is 0.607. The average Bonchev–Trinajstić information content (AvgIpc) is 2.27. The molecule has 0 aliphatic carbocycles. The molecule has 102 valence electrons. The van der Waals surface area contributed by atoms with Crippen LogP contribution in [0.3, 0.4) is 0 Å². The van der Waals surface area contributed by atoms with Crippen molar-refractivity contribution in [1.82, 2.24) is 10.2 Å². The predicted molar refractivity (Wildman–Crippen MR) is 72.1 cm³/mol. The van der Waals surface area contributed by atoms with E-state index in [1.807, 2.05) is 0 Å². The van der Waals surface area contributed by atoms with Crippen molar-refractivity contribution in [2.75, 3.05) is 31.6 Å². The smallest absolute Gasteiger partial charge is 0.153 e. The lowest BCUT2D eigenvalue weighted by molar-refractivity contribution is 0.219. The number of rotatable bonds is 6. The van der Waals surface area contributed by atoms with Gasteiger partial charge in [-0.25, -0.2) is 8.42 Å². The van der Waals surface area contributed by atoms with E-state index in [0.29, 0.717) is 24.1 Å². The minimum absolute atomic E-state index is 0.144. The molecule has 1 fully saturated rings. The summed E-state index contributed by atoms with van der Waals surface area (Å²) in [4.78, 5) is 2.35. The first kappa shape index (κ1) is 14.9. The fourth-order valence-corrected chi connectivity index (χ4v) is 4.00. The fourth-order valence-electron chi connectivity index (χ4n) is 2.51. The number of sulfone groups is 1. The van der Waals surface area contributed by atoms with Crippen molar-refractivity contribution in [3.05, 3.63) is 0 Å². The number of nitrogens with one attached hydrogen (secondary N) is 1. The molecule has 5 heteroatoms. The molecule has 1 aliphatic rings. The normalized spacial score (nSPS) is 24.4. The van der Waals surface area contributed by atoms with E-state index in [4.69, 9.17) is 0 Å². The SMILES string of the molecule is CCC(CC)N(C)CCC1CS(=O)(=O)CCN1. The van der Waals surface area contributed by atoms with Gasteiger partial charge in [0.2, 0.25) is 0 Å². The van der Waals surface area contributed by atoms with Crippen LogP contribution in [0.25, 0.3) is 0 Å². The fraction of sp³-hybridized carbons (Fsp3) is 1.00. The minimum Gasteiger partial charge on any atom is -0.312 e. The molecule has 0 saturated carbocycles. The van der Waals surface area contributed by atoms with Crippen molar-refractivity contribution in [3.8, 4) is 0 Å². The zero-order valence-electron chi connectivity index (χ0n) is 11.3. The summed E-state index contributed by atoms with van der Waals surface area (Å²) < 4.78 is 23.0. The van der Waals surface area contributed by atoms with E-state index in [0.717, 1.165) is 25.8 Å². The molecule has 0 aromatic rings. The molecule has 1 heterocycles. The molecule has 0 spiro atoms. The van der Waals surface area contributed by atoms with Crippen LogP contribution >= 0.6 is 0 Å². The van der Waals surface area contributed by atoms with Crippen molar-refractivity contribution < 1.29 is 8.42 Å². The van der Waals surface area contributed by atoms with Crippen LogP contribution in [-0.4, -0.2) is 57.0 Å². The molecule has 1 rings (SSSR count). The number of hydrogen-bond donors (Lipinski definition) is 1. The molecule has 1 unspecified atom stereocenters. The van der Waals surface area contributed by atoms with Crippen LogP contribution in [0.5, 0.6) is 0 Å². The highest BCUT2D eigenvalue weighted by molar-refractivity contribution is 7.91. The summed E-state index contributed by atoms with van der Waals surface area (Å²) >= 11 is 0. The Bertz CT molecular complexity index is 312. The van der Waals surface area contributed by atoms with Gasteiger partial charge in [0.25, 0.3) is 0 Å². The van der Waals surface area contributed by atoms with Gasteiger partial charge in [0.05, 0.1) is 11.5 Å². The summed E-state index contributed by atoms with van der Waals surface area (Å²) in [5, 5.41) is 3.30. The number of hydrogen-bond acceptors (Lipinski definition) is 4. The van der Waals surface area contributed by atoms with E-state index in [-0.39, 0.29) is 6.04 Å². The van der Waals surface area contributed by atoms with Gasteiger partial charge in [0.15, 0.2) is 9.84 Å². The molecule has 17 heavy (non-hydrogen) atoms. The maximum absolute atomic E-state index is 11.5. The lowest BCUT2D eigenvalue weighted by atomic mass is 10.1. The van der Waals surface area contributed by atoms with Crippen LogP contribution in [0.4, 0.5) is 0 Å². The van der Waals surface area contributed by atoms with E-state index < -0.39 is 9.84 Å². The molecule has 1 aliphatic heterocycles. The van der Waals surface area contributed by atoms with Crippen LogP contribution in [0.15, 0.2) is 0 Å². The van der Waals surface area contributed by atoms with Gasteiger partial charge in [-0.1, -0.05) is 13.8 Å². The summed E-state index contributed by atoms with van der Waals surface area (Å²) in [5.41, 5.74) is 0. The predicted octanol–water partition coefficient (Wildman–Crippen LogP) is 0.884. The molecule has 1 N–H and O–H groups in total. The van der Waals surface area contributed by atoms with Crippen molar-refractivity contribution in [3.63, 3.8) is 0 Å². The molecular weight excluding hydrogens is 236 g/mol. The van der Waals surface area contributed by atoms with Gasteiger partial charge < -0.3 is 10.2 Å². The molecule has 0 amide bonds. The summed E-state index contributed by atoms with van der Waals surface area (Å²) in [6.45, 7) is 5.99. The van der Waals surface area contributed by atoms with Crippen molar-refractivity contribution in [1.29, 1.82) is 0 Å². The maximum atomic E-state index is 11.5. The van der Waals surface area contributed by atoms with Crippen LogP contribution in [0.2, 0.25) is 0 Å². The Morgan fingerprint density at radius 3 is 2.53 bits per heavy atom. The van der Waals surface area contributed by atoms with Gasteiger partial charge in [0, 0.05) is 18.6 Å². The maximum Gasteiger partial charge on any atom is 0.153 e. The molecule has 0 radical (unpaired) electrons. The topological polar surface area (TPSA) is 49.4 Å². The lowest BCUT2D eigenvalue weighted by Gasteiger charge is -2.29. The molecule has 0 aromatic heterocycles. The highest BCUT2D eigenvalue weighted by Crippen LogP contribution is 2.10. The quantitative estimate of drug-likeness (QED) is 0.772. The Hall–Kier alpha value is -0.130. The first-order valence-corrected chi connectivity index (χ1v) is 8.44. The Morgan fingerprint density at radius 2 is 2.00 bits per heavy atom. The highest BCUT2D eigenvalue weighted by Gasteiger charge is 2.24. The van der Waals surface area contributed by atoms with Crippen LogP contribution in [0.1, 0.15) is 33.1 Å². The molecule has 0 bridgehead atoms. The second kappa shape index (κ2) is 6.71.